The highest BCUT2D eigenvalue weighted by molar-refractivity contribution is 6.65. The zero-order valence-corrected chi connectivity index (χ0v) is 7.15. The third-order valence-electron chi connectivity index (χ3n) is 1.41. The maximum absolute atomic E-state index is 12.8. The van der Waals surface area contributed by atoms with Crippen LogP contribution in [0.2, 0.25) is 0 Å². The molecule has 0 aliphatic carbocycles. The van der Waals surface area contributed by atoms with E-state index in [1.807, 2.05) is 0 Å². The van der Waals surface area contributed by atoms with Gasteiger partial charge in [0.2, 0.25) is 0 Å². The highest BCUT2D eigenvalue weighted by Gasteiger charge is 2.00. The van der Waals surface area contributed by atoms with Gasteiger partial charge in [0.1, 0.15) is 5.82 Å². The lowest BCUT2D eigenvalue weighted by Crippen LogP contribution is -2.01. The summed E-state index contributed by atoms with van der Waals surface area (Å²) in [6, 6.07) is 4.37. The third-order valence-corrected chi connectivity index (χ3v) is 1.51. The number of hydrogen-bond donors (Lipinski definition) is 1. The Morgan fingerprint density at radius 3 is 2.75 bits per heavy atom. The van der Waals surface area contributed by atoms with E-state index in [1.54, 1.807) is 19.1 Å². The van der Waals surface area contributed by atoms with E-state index in [9.17, 15) is 9.18 Å². The van der Waals surface area contributed by atoms with E-state index < -0.39 is 5.37 Å². The molecule has 0 spiro atoms. The molecule has 1 rings (SSSR count). The first kappa shape index (κ1) is 9.00. The molecule has 0 atom stereocenters. The molecular formula is C8H7ClFNO. The van der Waals surface area contributed by atoms with Crippen LogP contribution < -0.4 is 5.32 Å². The van der Waals surface area contributed by atoms with Crippen molar-refractivity contribution < 1.29 is 9.18 Å². The van der Waals surface area contributed by atoms with Gasteiger partial charge in [-0.1, -0.05) is 6.07 Å². The van der Waals surface area contributed by atoms with Gasteiger partial charge in [-0.3, -0.25) is 4.79 Å². The summed E-state index contributed by atoms with van der Waals surface area (Å²) < 4.78 is 12.8. The molecule has 0 bridgehead atoms. The van der Waals surface area contributed by atoms with Crippen LogP contribution in [-0.4, -0.2) is 5.37 Å². The number of nitrogens with one attached hydrogen (secondary N) is 1. The van der Waals surface area contributed by atoms with Gasteiger partial charge in [-0.05, 0) is 36.2 Å². The Hall–Kier alpha value is -1.09. The number of rotatable bonds is 1. The average molecular weight is 188 g/mol. The standard InChI is InChI=1S/C8H7ClFNO/c1-5-2-3-6(4-7(5)10)11-8(9)12/h2-4H,1H3,(H,11,12). The summed E-state index contributed by atoms with van der Waals surface area (Å²) in [6.45, 7) is 1.64. The molecule has 12 heavy (non-hydrogen) atoms. The van der Waals surface area contributed by atoms with Crippen molar-refractivity contribution in [1.29, 1.82) is 0 Å². The van der Waals surface area contributed by atoms with Crippen molar-refractivity contribution >= 4 is 22.7 Å². The molecule has 0 saturated carbocycles. The lowest BCUT2D eigenvalue weighted by atomic mass is 10.2. The predicted octanol–water partition coefficient (Wildman–Crippen LogP) is 2.90. The van der Waals surface area contributed by atoms with Crippen molar-refractivity contribution in [3.8, 4) is 0 Å². The van der Waals surface area contributed by atoms with E-state index in [0.717, 1.165) is 0 Å². The third kappa shape index (κ3) is 2.20. The van der Waals surface area contributed by atoms with Crippen molar-refractivity contribution in [1.82, 2.24) is 0 Å². The molecule has 0 radical (unpaired) electrons. The molecule has 0 saturated heterocycles. The number of amides is 1. The summed E-state index contributed by atoms with van der Waals surface area (Å²) in [5.74, 6) is -0.363. The molecule has 1 amide bonds. The van der Waals surface area contributed by atoms with E-state index in [1.165, 1.54) is 6.07 Å². The Balaban J connectivity index is 2.89. The number of carbonyl (C=O) groups is 1. The van der Waals surface area contributed by atoms with Crippen LogP contribution >= 0.6 is 11.6 Å². The molecule has 1 N–H and O–H groups in total. The number of aryl methyl sites for hydroxylation is 1. The van der Waals surface area contributed by atoms with Crippen LogP contribution in [0.3, 0.4) is 0 Å². The molecular weight excluding hydrogens is 181 g/mol. The number of hydrogen-bond acceptors (Lipinski definition) is 1. The van der Waals surface area contributed by atoms with Crippen LogP contribution in [0.4, 0.5) is 14.9 Å². The largest absolute Gasteiger partial charge is 0.318 e. The fraction of sp³-hybridized carbons (Fsp3) is 0.125. The van der Waals surface area contributed by atoms with Gasteiger partial charge in [-0.15, -0.1) is 0 Å². The maximum Gasteiger partial charge on any atom is 0.318 e. The summed E-state index contributed by atoms with van der Waals surface area (Å²) in [6.07, 6.45) is 0. The predicted molar refractivity (Wildman–Crippen MR) is 46.0 cm³/mol. The van der Waals surface area contributed by atoms with Crippen molar-refractivity contribution in [2.45, 2.75) is 6.92 Å². The minimum atomic E-state index is -0.724. The van der Waals surface area contributed by atoms with Gasteiger partial charge in [0.05, 0.1) is 0 Å². The van der Waals surface area contributed by atoms with Gasteiger partial charge in [-0.25, -0.2) is 4.39 Å². The number of halogens is 2. The highest BCUT2D eigenvalue weighted by atomic mass is 35.5. The number of carbonyl (C=O) groups excluding carboxylic acids is 1. The SMILES string of the molecule is Cc1ccc(NC(=O)Cl)cc1F. The van der Waals surface area contributed by atoms with E-state index in [4.69, 9.17) is 11.6 Å². The minimum absolute atomic E-state index is 0.359. The fourth-order valence-corrected chi connectivity index (χ4v) is 0.893. The van der Waals surface area contributed by atoms with Gasteiger partial charge < -0.3 is 5.32 Å². The van der Waals surface area contributed by atoms with Crippen LogP contribution in [-0.2, 0) is 0 Å². The molecule has 0 heterocycles. The Kier molecular flexibility index (Phi) is 2.65. The van der Waals surface area contributed by atoms with Gasteiger partial charge in [0, 0.05) is 5.69 Å². The van der Waals surface area contributed by atoms with E-state index in [2.05, 4.69) is 5.32 Å². The summed E-state index contributed by atoms with van der Waals surface area (Å²) in [5.41, 5.74) is 0.890. The smallest absolute Gasteiger partial charge is 0.312 e. The van der Waals surface area contributed by atoms with Crippen LogP contribution in [0.25, 0.3) is 0 Å². The Morgan fingerprint density at radius 1 is 1.58 bits per heavy atom. The van der Waals surface area contributed by atoms with Gasteiger partial charge in [-0.2, -0.15) is 0 Å². The van der Waals surface area contributed by atoms with Gasteiger partial charge in [0.15, 0.2) is 0 Å². The molecule has 4 heteroatoms. The second kappa shape index (κ2) is 3.54. The maximum atomic E-state index is 12.8. The van der Waals surface area contributed by atoms with Gasteiger partial charge >= 0.3 is 5.37 Å². The molecule has 0 aliphatic heterocycles. The normalized spacial score (nSPS) is 9.58. The van der Waals surface area contributed by atoms with Crippen molar-refractivity contribution in [3.63, 3.8) is 0 Å². The fourth-order valence-electron chi connectivity index (χ4n) is 0.784. The van der Waals surface area contributed by atoms with Crippen molar-refractivity contribution in [2.75, 3.05) is 5.32 Å². The molecule has 64 valence electrons. The van der Waals surface area contributed by atoms with Gasteiger partial charge in [0.25, 0.3) is 0 Å². The summed E-state index contributed by atoms with van der Waals surface area (Å²) in [7, 11) is 0. The summed E-state index contributed by atoms with van der Waals surface area (Å²) in [5, 5.41) is 1.54. The molecule has 1 aromatic rings. The van der Waals surface area contributed by atoms with Crippen LogP contribution in [0.5, 0.6) is 0 Å². The lowest BCUT2D eigenvalue weighted by Gasteiger charge is -2.01. The molecule has 0 aliphatic rings. The van der Waals surface area contributed by atoms with Crippen molar-refractivity contribution in [2.24, 2.45) is 0 Å². The topological polar surface area (TPSA) is 29.1 Å². The first-order valence-electron chi connectivity index (χ1n) is 3.32. The second-order valence-electron chi connectivity index (χ2n) is 2.36. The first-order valence-corrected chi connectivity index (χ1v) is 3.70. The molecule has 0 fully saturated rings. The first-order chi connectivity index (χ1) is 5.59. The van der Waals surface area contributed by atoms with E-state index in [-0.39, 0.29) is 5.82 Å². The van der Waals surface area contributed by atoms with Crippen molar-refractivity contribution in [3.05, 3.63) is 29.6 Å². The molecule has 0 unspecified atom stereocenters. The van der Waals surface area contributed by atoms with E-state index >= 15 is 0 Å². The average Bonchev–Trinajstić information content (AvgIpc) is 1.96. The minimum Gasteiger partial charge on any atom is -0.312 e. The van der Waals surface area contributed by atoms with Crippen LogP contribution in [0.1, 0.15) is 5.56 Å². The summed E-state index contributed by atoms with van der Waals surface area (Å²) >= 11 is 5.03. The second-order valence-corrected chi connectivity index (χ2v) is 2.71. The van der Waals surface area contributed by atoms with Crippen LogP contribution in [0.15, 0.2) is 18.2 Å². The molecule has 0 aromatic heterocycles. The van der Waals surface area contributed by atoms with Crippen LogP contribution in [0, 0.1) is 12.7 Å². The Morgan fingerprint density at radius 2 is 2.25 bits per heavy atom. The zero-order valence-electron chi connectivity index (χ0n) is 6.40. The Bertz CT molecular complexity index is 314. The summed E-state index contributed by atoms with van der Waals surface area (Å²) in [4.78, 5) is 10.3. The number of anilines is 1. The highest BCUT2D eigenvalue weighted by Crippen LogP contribution is 2.13. The van der Waals surface area contributed by atoms with E-state index in [0.29, 0.717) is 11.3 Å². The monoisotopic (exact) mass is 187 g/mol. The lowest BCUT2D eigenvalue weighted by molar-refractivity contribution is 0.269. The Labute approximate surface area is 74.3 Å². The molecule has 1 aromatic carbocycles. The zero-order chi connectivity index (χ0) is 9.14. The quantitative estimate of drug-likeness (QED) is 0.532. The number of benzene rings is 1. The molecule has 2 nitrogen and oxygen atoms in total.